The van der Waals surface area contributed by atoms with Crippen molar-refractivity contribution < 1.29 is 23.7 Å². The van der Waals surface area contributed by atoms with Crippen LogP contribution in [0.25, 0.3) is 0 Å². The summed E-state index contributed by atoms with van der Waals surface area (Å²) in [7, 11) is 5.44. The Balaban J connectivity index is 1.46. The highest BCUT2D eigenvalue weighted by Gasteiger charge is 2.57. The maximum atomic E-state index is 13.3. The van der Waals surface area contributed by atoms with Gasteiger partial charge in [0.15, 0.2) is 23.0 Å². The normalized spacial score (nSPS) is 24.7. The number of carbonyl (C=O) groups is 1. The van der Waals surface area contributed by atoms with Crippen LogP contribution in [0.5, 0.6) is 11.5 Å². The number of allylic oxidation sites excluding steroid dienone is 1. The first-order valence-corrected chi connectivity index (χ1v) is 13.6. The molecule has 2 aliphatic carbocycles. The average molecular weight is 526 g/mol. The predicted octanol–water partition coefficient (Wildman–Crippen LogP) is 5.61. The van der Waals surface area contributed by atoms with Gasteiger partial charge in [0.05, 0.1) is 20.8 Å². The largest absolute Gasteiger partial charge is 0.493 e. The number of methoxy groups -OCH3 is 2. The third-order valence-corrected chi connectivity index (χ3v) is 8.73. The second kappa shape index (κ2) is 10.5. The van der Waals surface area contributed by atoms with Crippen LogP contribution >= 0.6 is 0 Å². The van der Waals surface area contributed by atoms with Crippen molar-refractivity contribution in [1.82, 2.24) is 4.90 Å². The topological polar surface area (TPSA) is 57.2 Å². The van der Waals surface area contributed by atoms with Crippen molar-refractivity contribution in [3.63, 3.8) is 0 Å². The molecule has 3 aromatic rings. The highest BCUT2D eigenvalue weighted by Crippen LogP contribution is 2.58. The number of carbonyl (C=O) groups excluding carboxylic acids is 1. The number of hydrogen-bond donors (Lipinski definition) is 0. The Bertz CT molecular complexity index is 1370. The molecule has 2 unspecified atom stereocenters. The lowest BCUT2D eigenvalue weighted by molar-refractivity contribution is -0.123. The number of rotatable bonds is 8. The van der Waals surface area contributed by atoms with E-state index in [-0.39, 0.29) is 17.7 Å². The summed E-state index contributed by atoms with van der Waals surface area (Å²) in [6.45, 7) is 1.31. The Morgan fingerprint density at radius 1 is 0.974 bits per heavy atom. The van der Waals surface area contributed by atoms with E-state index in [0.717, 1.165) is 36.1 Å². The van der Waals surface area contributed by atoms with Crippen molar-refractivity contribution in [2.24, 2.45) is 5.92 Å². The quantitative estimate of drug-likeness (QED) is 0.357. The van der Waals surface area contributed by atoms with Crippen molar-refractivity contribution in [3.05, 3.63) is 107 Å². The van der Waals surface area contributed by atoms with Gasteiger partial charge >= 0.3 is 0 Å². The zero-order valence-corrected chi connectivity index (χ0v) is 22.8. The predicted molar refractivity (Wildman–Crippen MR) is 149 cm³/mol. The monoisotopic (exact) mass is 525 g/mol. The minimum atomic E-state index is -0.657. The molecule has 0 aromatic heterocycles. The summed E-state index contributed by atoms with van der Waals surface area (Å²) in [6, 6.07) is 24.5. The number of benzene rings is 3. The molecule has 0 radical (unpaired) electrons. The van der Waals surface area contributed by atoms with Gasteiger partial charge in [-0.15, -0.1) is 0 Å². The van der Waals surface area contributed by atoms with Crippen LogP contribution in [0.1, 0.15) is 41.4 Å². The van der Waals surface area contributed by atoms with Crippen LogP contribution in [-0.2, 0) is 32.7 Å². The minimum absolute atomic E-state index is 0.0404. The fourth-order valence-corrected chi connectivity index (χ4v) is 6.79. The maximum absolute atomic E-state index is 13.3. The molecular weight excluding hydrogens is 490 g/mol. The number of piperidine rings is 1. The molecule has 0 saturated carbocycles. The van der Waals surface area contributed by atoms with E-state index in [1.807, 2.05) is 66.7 Å². The molecule has 1 aliphatic heterocycles. The van der Waals surface area contributed by atoms with E-state index < -0.39 is 11.7 Å². The van der Waals surface area contributed by atoms with Crippen molar-refractivity contribution in [2.45, 2.75) is 43.6 Å². The third kappa shape index (κ3) is 4.52. The Hall–Kier alpha value is -3.61. The van der Waals surface area contributed by atoms with Gasteiger partial charge in [0.1, 0.15) is 0 Å². The summed E-state index contributed by atoms with van der Waals surface area (Å²) < 4.78 is 24.7. The number of likely N-dealkylation sites (tertiary alicyclic amines) is 1. The minimum Gasteiger partial charge on any atom is -0.493 e. The molecular formula is C33H35NO5. The fraction of sp³-hybridized carbons (Fsp3) is 0.364. The van der Waals surface area contributed by atoms with Gasteiger partial charge in [-0.2, -0.15) is 0 Å². The van der Waals surface area contributed by atoms with Crippen LogP contribution < -0.4 is 9.47 Å². The van der Waals surface area contributed by atoms with Gasteiger partial charge in [-0.3, -0.25) is 4.79 Å². The third-order valence-electron chi connectivity index (χ3n) is 8.73. The lowest BCUT2D eigenvalue weighted by Crippen LogP contribution is -2.60. The SMILES string of the molecule is COC1=CC2[C@@H]3Cc4ccc(OC)c(OC(OCc5ccccc5)c5ccccc5)c4[C@]2(CCN3C)CC1=O. The lowest BCUT2D eigenvalue weighted by Gasteiger charge is -2.56. The summed E-state index contributed by atoms with van der Waals surface area (Å²) in [5, 5.41) is 0. The van der Waals surface area contributed by atoms with E-state index in [9.17, 15) is 4.79 Å². The van der Waals surface area contributed by atoms with Gasteiger partial charge in [0.2, 0.25) is 6.29 Å². The zero-order valence-electron chi connectivity index (χ0n) is 22.8. The van der Waals surface area contributed by atoms with Crippen LogP contribution in [0.15, 0.2) is 84.6 Å². The number of fused-ring (bicyclic) bond motifs is 1. The van der Waals surface area contributed by atoms with E-state index in [0.29, 0.717) is 30.3 Å². The molecule has 1 fully saturated rings. The molecule has 6 nitrogen and oxygen atoms in total. The summed E-state index contributed by atoms with van der Waals surface area (Å²) in [4.78, 5) is 15.8. The molecule has 1 saturated heterocycles. The molecule has 2 bridgehead atoms. The highest BCUT2D eigenvalue weighted by molar-refractivity contribution is 5.96. The van der Waals surface area contributed by atoms with E-state index in [1.165, 1.54) is 5.56 Å². The van der Waals surface area contributed by atoms with Gasteiger partial charge in [-0.1, -0.05) is 66.7 Å². The Morgan fingerprint density at radius 3 is 2.44 bits per heavy atom. The molecule has 0 amide bonds. The molecule has 3 aromatic carbocycles. The lowest BCUT2D eigenvalue weighted by atomic mass is 9.53. The number of hydrogen-bond acceptors (Lipinski definition) is 6. The number of Topliss-reactive ketones (excluding diaryl/α,β-unsaturated/α-hetero) is 1. The number of ketones is 1. The van der Waals surface area contributed by atoms with Crippen LogP contribution in [0.3, 0.4) is 0 Å². The van der Waals surface area contributed by atoms with Gasteiger partial charge in [-0.05, 0) is 49.7 Å². The van der Waals surface area contributed by atoms with Crippen LogP contribution in [0.2, 0.25) is 0 Å². The number of nitrogens with zero attached hydrogens (tertiary/aromatic N) is 1. The first kappa shape index (κ1) is 25.7. The summed E-state index contributed by atoms with van der Waals surface area (Å²) in [5.74, 6) is 1.97. The first-order chi connectivity index (χ1) is 19.0. The second-order valence-corrected chi connectivity index (χ2v) is 10.8. The summed E-state index contributed by atoms with van der Waals surface area (Å²) in [5.41, 5.74) is 3.88. The molecule has 6 rings (SSSR count). The van der Waals surface area contributed by atoms with E-state index >= 15 is 0 Å². The van der Waals surface area contributed by atoms with Crippen molar-refractivity contribution in [3.8, 4) is 11.5 Å². The fourth-order valence-electron chi connectivity index (χ4n) is 6.79. The zero-order chi connectivity index (χ0) is 27.0. The summed E-state index contributed by atoms with van der Waals surface area (Å²) in [6.07, 6.45) is 3.51. The second-order valence-electron chi connectivity index (χ2n) is 10.8. The van der Waals surface area contributed by atoms with Crippen LogP contribution in [-0.4, -0.2) is 44.5 Å². The van der Waals surface area contributed by atoms with Crippen molar-refractivity contribution in [1.29, 1.82) is 0 Å². The molecule has 39 heavy (non-hydrogen) atoms. The maximum Gasteiger partial charge on any atom is 0.227 e. The van der Waals surface area contributed by atoms with E-state index in [1.54, 1.807) is 14.2 Å². The molecule has 4 atom stereocenters. The van der Waals surface area contributed by atoms with Gasteiger partial charge < -0.3 is 23.8 Å². The van der Waals surface area contributed by atoms with Crippen LogP contribution in [0, 0.1) is 5.92 Å². The smallest absolute Gasteiger partial charge is 0.227 e. The molecule has 6 heteroatoms. The van der Waals surface area contributed by atoms with E-state index in [2.05, 4.69) is 24.1 Å². The Kier molecular flexibility index (Phi) is 6.92. The van der Waals surface area contributed by atoms with E-state index in [4.69, 9.17) is 18.9 Å². The number of likely N-dealkylation sites (N-methyl/N-ethyl adjacent to an activating group) is 1. The molecule has 0 spiro atoms. The van der Waals surface area contributed by atoms with Gasteiger partial charge in [0, 0.05) is 34.9 Å². The summed E-state index contributed by atoms with van der Waals surface area (Å²) >= 11 is 0. The van der Waals surface area contributed by atoms with Crippen molar-refractivity contribution in [2.75, 3.05) is 27.8 Å². The molecule has 1 heterocycles. The van der Waals surface area contributed by atoms with Gasteiger partial charge in [0.25, 0.3) is 0 Å². The first-order valence-electron chi connectivity index (χ1n) is 13.6. The molecule has 202 valence electrons. The Morgan fingerprint density at radius 2 is 1.72 bits per heavy atom. The average Bonchev–Trinajstić information content (AvgIpc) is 2.97. The van der Waals surface area contributed by atoms with Crippen LogP contribution in [0.4, 0.5) is 0 Å². The molecule has 3 aliphatic rings. The molecule has 0 N–H and O–H groups in total. The Labute approximate surface area is 230 Å². The highest BCUT2D eigenvalue weighted by atomic mass is 16.7. The van der Waals surface area contributed by atoms with Crippen molar-refractivity contribution >= 4 is 5.78 Å². The van der Waals surface area contributed by atoms with Gasteiger partial charge in [-0.25, -0.2) is 0 Å². The standard InChI is InChI=1S/C33H35NO5/c1-34-17-16-33-20-27(35)29(37-3)19-25(33)26(34)18-24-14-15-28(36-2)31(30(24)33)39-32(23-12-8-5-9-13-23)38-21-22-10-6-4-7-11-22/h4-15,19,25-26,32H,16-18,20-21H2,1-3H3/t25?,26-,32?,33+/m0/s1. The number of ether oxygens (including phenoxy) is 4.